The molecule has 0 spiro atoms. The number of hydrogen-bond acceptors (Lipinski definition) is 1. The normalized spacial score (nSPS) is 14.1. The maximum Gasteiger partial charge on any atom is 0.0226 e. The van der Waals surface area contributed by atoms with E-state index in [1.54, 1.807) is 0 Å². The van der Waals surface area contributed by atoms with E-state index in [1.165, 1.54) is 0 Å². The van der Waals surface area contributed by atoms with Gasteiger partial charge in [-0.3, -0.25) is 0 Å². The van der Waals surface area contributed by atoms with Gasteiger partial charge < -0.3 is 5.32 Å². The molecule has 0 aliphatic rings. The highest BCUT2D eigenvalue weighted by Gasteiger charge is 1.97. The molecule has 0 amide bonds. The van der Waals surface area contributed by atoms with Gasteiger partial charge in [-0.1, -0.05) is 19.1 Å². The van der Waals surface area contributed by atoms with Crippen LogP contribution in [-0.2, 0) is 0 Å². The van der Waals surface area contributed by atoms with Crippen LogP contribution in [0.3, 0.4) is 0 Å². The third-order valence-electron chi connectivity index (χ3n) is 1.59. The molecule has 0 rings (SSSR count). The van der Waals surface area contributed by atoms with Crippen molar-refractivity contribution in [2.45, 2.75) is 20.3 Å². The van der Waals surface area contributed by atoms with Gasteiger partial charge in [-0.2, -0.15) is 0 Å². The van der Waals surface area contributed by atoms with Crippen molar-refractivity contribution in [3.05, 3.63) is 12.2 Å². The van der Waals surface area contributed by atoms with Crippen molar-refractivity contribution in [1.29, 1.82) is 0 Å². The molecule has 1 unspecified atom stereocenters. The minimum atomic E-state index is 0.692. The van der Waals surface area contributed by atoms with Gasteiger partial charge in [-0.15, -0.1) is 11.6 Å². The molecule has 1 nitrogen and oxygen atoms in total. The number of hydrogen-bond donors (Lipinski definition) is 1. The van der Waals surface area contributed by atoms with Crippen LogP contribution in [-0.4, -0.2) is 19.0 Å². The second-order valence-electron chi connectivity index (χ2n) is 2.81. The van der Waals surface area contributed by atoms with Gasteiger partial charge in [0.2, 0.25) is 0 Å². The van der Waals surface area contributed by atoms with Crippen LogP contribution in [0, 0.1) is 5.92 Å². The molecule has 0 radical (unpaired) electrons. The zero-order chi connectivity index (χ0) is 8.53. The van der Waals surface area contributed by atoms with E-state index in [9.17, 15) is 0 Å². The summed E-state index contributed by atoms with van der Waals surface area (Å²) >= 11 is 5.59. The van der Waals surface area contributed by atoms with Crippen molar-refractivity contribution in [3.8, 4) is 0 Å². The van der Waals surface area contributed by atoms with Gasteiger partial charge >= 0.3 is 0 Å². The van der Waals surface area contributed by atoms with Crippen LogP contribution in [0.5, 0.6) is 0 Å². The van der Waals surface area contributed by atoms with Crippen molar-refractivity contribution in [2.75, 3.05) is 19.0 Å². The van der Waals surface area contributed by atoms with Crippen molar-refractivity contribution >= 4 is 11.6 Å². The maximum absolute atomic E-state index is 5.59. The average Bonchev–Trinajstić information content (AvgIpc) is 1.99. The smallest absolute Gasteiger partial charge is 0.0226 e. The second-order valence-corrected chi connectivity index (χ2v) is 3.19. The fraction of sp³-hybridized carbons (Fsp3) is 0.778. The Balaban J connectivity index is 3.10. The van der Waals surface area contributed by atoms with E-state index in [2.05, 4.69) is 24.4 Å². The highest BCUT2D eigenvalue weighted by molar-refractivity contribution is 6.17. The van der Waals surface area contributed by atoms with Crippen molar-refractivity contribution < 1.29 is 0 Å². The summed E-state index contributed by atoms with van der Waals surface area (Å²) in [5.74, 6) is 1.46. The summed E-state index contributed by atoms with van der Waals surface area (Å²) in [6, 6.07) is 0. The summed E-state index contributed by atoms with van der Waals surface area (Å²) < 4.78 is 0. The Morgan fingerprint density at radius 3 is 2.82 bits per heavy atom. The van der Waals surface area contributed by atoms with E-state index < -0.39 is 0 Å². The third-order valence-corrected chi connectivity index (χ3v) is 1.81. The Morgan fingerprint density at radius 1 is 1.55 bits per heavy atom. The summed E-state index contributed by atoms with van der Waals surface area (Å²) in [5.41, 5.74) is 0. The van der Waals surface area contributed by atoms with E-state index in [0.29, 0.717) is 5.92 Å². The monoisotopic (exact) mass is 175 g/mol. The molecule has 0 aliphatic heterocycles. The van der Waals surface area contributed by atoms with Gasteiger partial charge in [0.05, 0.1) is 0 Å². The number of rotatable bonds is 6. The van der Waals surface area contributed by atoms with Gasteiger partial charge in [0.25, 0.3) is 0 Å². The number of alkyl halides is 1. The molecule has 11 heavy (non-hydrogen) atoms. The largest absolute Gasteiger partial charge is 0.313 e. The molecule has 0 aromatic rings. The van der Waals surface area contributed by atoms with Gasteiger partial charge in [0.15, 0.2) is 0 Å². The number of allylic oxidation sites excluding steroid dienone is 1. The quantitative estimate of drug-likeness (QED) is 0.372. The molecule has 2 heteroatoms. The molecule has 0 bridgehead atoms. The van der Waals surface area contributed by atoms with E-state index in [0.717, 1.165) is 25.4 Å². The zero-order valence-corrected chi connectivity index (χ0v) is 8.19. The molecule has 0 saturated carbocycles. The molecular weight excluding hydrogens is 158 g/mol. The summed E-state index contributed by atoms with van der Waals surface area (Å²) in [7, 11) is 0. The Morgan fingerprint density at radius 2 is 2.27 bits per heavy atom. The molecule has 0 aromatic carbocycles. The van der Waals surface area contributed by atoms with E-state index in [4.69, 9.17) is 11.6 Å². The predicted molar refractivity (Wildman–Crippen MR) is 52.2 cm³/mol. The van der Waals surface area contributed by atoms with Crippen LogP contribution in [0.2, 0.25) is 0 Å². The molecular formula is C9H18ClN. The van der Waals surface area contributed by atoms with Crippen LogP contribution < -0.4 is 5.32 Å². The molecule has 1 atom stereocenters. The van der Waals surface area contributed by atoms with E-state index in [1.807, 2.05) is 6.92 Å². The lowest BCUT2D eigenvalue weighted by molar-refractivity contribution is 0.519. The Labute approximate surface area is 74.8 Å². The molecule has 0 fully saturated rings. The van der Waals surface area contributed by atoms with Gasteiger partial charge in [-0.05, 0) is 25.8 Å². The van der Waals surface area contributed by atoms with Crippen LogP contribution in [0.25, 0.3) is 0 Å². The van der Waals surface area contributed by atoms with Crippen LogP contribution in [0.4, 0.5) is 0 Å². The number of nitrogens with one attached hydrogen (secondary N) is 1. The maximum atomic E-state index is 5.59. The van der Waals surface area contributed by atoms with Crippen LogP contribution in [0.1, 0.15) is 20.3 Å². The lowest BCUT2D eigenvalue weighted by atomic mass is 10.1. The lowest BCUT2D eigenvalue weighted by Crippen LogP contribution is -2.21. The van der Waals surface area contributed by atoms with Gasteiger partial charge in [-0.25, -0.2) is 0 Å². The molecule has 0 aromatic heterocycles. The minimum Gasteiger partial charge on any atom is -0.313 e. The molecule has 0 heterocycles. The molecule has 0 saturated heterocycles. The van der Waals surface area contributed by atoms with Crippen molar-refractivity contribution in [1.82, 2.24) is 5.32 Å². The first kappa shape index (κ1) is 11.0. The zero-order valence-electron chi connectivity index (χ0n) is 7.44. The van der Waals surface area contributed by atoms with Gasteiger partial charge in [0, 0.05) is 12.4 Å². The SMILES string of the molecule is C/C=C/CNCC(C)CCCl. The first-order chi connectivity index (χ1) is 5.31. The highest BCUT2D eigenvalue weighted by Crippen LogP contribution is 2.00. The van der Waals surface area contributed by atoms with E-state index in [-0.39, 0.29) is 0 Å². The average molecular weight is 176 g/mol. The third kappa shape index (κ3) is 7.89. The first-order valence-corrected chi connectivity index (χ1v) is 4.72. The van der Waals surface area contributed by atoms with Gasteiger partial charge in [0.1, 0.15) is 0 Å². The fourth-order valence-corrected chi connectivity index (χ4v) is 1.19. The summed E-state index contributed by atoms with van der Waals surface area (Å²) in [5, 5.41) is 3.33. The highest BCUT2D eigenvalue weighted by atomic mass is 35.5. The summed E-state index contributed by atoms with van der Waals surface area (Å²) in [4.78, 5) is 0. The first-order valence-electron chi connectivity index (χ1n) is 4.19. The van der Waals surface area contributed by atoms with E-state index >= 15 is 0 Å². The van der Waals surface area contributed by atoms with Crippen LogP contribution >= 0.6 is 11.6 Å². The van der Waals surface area contributed by atoms with Crippen LogP contribution in [0.15, 0.2) is 12.2 Å². The predicted octanol–water partition coefficient (Wildman–Crippen LogP) is 2.42. The minimum absolute atomic E-state index is 0.692. The summed E-state index contributed by atoms with van der Waals surface area (Å²) in [6.45, 7) is 6.29. The Bertz CT molecular complexity index is 102. The Kier molecular flexibility index (Phi) is 8.08. The molecule has 66 valence electrons. The van der Waals surface area contributed by atoms with Crippen molar-refractivity contribution in [2.24, 2.45) is 5.92 Å². The lowest BCUT2D eigenvalue weighted by Gasteiger charge is -2.08. The summed E-state index contributed by atoms with van der Waals surface area (Å²) in [6.07, 6.45) is 5.27. The van der Waals surface area contributed by atoms with Crippen molar-refractivity contribution in [3.63, 3.8) is 0 Å². The molecule has 0 aliphatic carbocycles. The topological polar surface area (TPSA) is 12.0 Å². The standard InChI is InChI=1S/C9H18ClN/c1-3-4-7-11-8-9(2)5-6-10/h3-4,9,11H,5-8H2,1-2H3/b4-3+. The second kappa shape index (κ2) is 8.09. The fourth-order valence-electron chi connectivity index (χ4n) is 0.819. The molecule has 1 N–H and O–H groups in total. The number of halogens is 1. The Hall–Kier alpha value is -0.0100.